The Morgan fingerprint density at radius 2 is 1.39 bits per heavy atom. The molecule has 0 aromatic rings. The Kier molecular flexibility index (Phi) is 17.0. The number of fused-ring (bicyclic) bond motifs is 8. The number of methoxy groups -OCH3 is 2. The van der Waals surface area contributed by atoms with E-state index in [1.165, 1.54) is 0 Å². The summed E-state index contributed by atoms with van der Waals surface area (Å²) in [6.07, 6.45) is 1.72. The van der Waals surface area contributed by atoms with E-state index in [-0.39, 0.29) is 110 Å². The van der Waals surface area contributed by atoms with Gasteiger partial charge < -0.3 is 80.5 Å². The standard InChI is InChI=1S/C64H94O19/c1-12-20-69-64-30-62-19-18-41-22-32(4)43(71-41)16-14-39-21-31(3)35(7)45(72-39)26-48-55(78-51(66)25-40-15-17-44-56(73-40)57(80-62)58(81-64)59(76-44)60(64)82-62)36(8)54-49(74-48)27-46(67-10)47(77-54)23-38(65)24-50-52(68-11)33(5)28-63(79-50)29-34(6)53-61(83-63)70-37(9)42(13-2)75-53/h12,31,33-34,36-37,39-50,52-61H,1,4,7,13-30H2,2-3,5-6,8-11H3. The maximum Gasteiger partial charge on any atom is 0.308 e. The molecule has 14 rings (SSSR count). The topological polar surface area (TPSA) is 191 Å². The lowest BCUT2D eigenvalue weighted by molar-refractivity contribution is -0.426. The van der Waals surface area contributed by atoms with Crippen molar-refractivity contribution in [3.63, 3.8) is 0 Å². The molecule has 14 aliphatic rings. The molecule has 0 aromatic heterocycles. The van der Waals surface area contributed by atoms with Crippen LogP contribution in [0.25, 0.3) is 0 Å². The van der Waals surface area contributed by atoms with Crippen LogP contribution in [-0.4, -0.2) is 191 Å². The second-order valence-electron chi connectivity index (χ2n) is 27.4. The number of carbonyl (C=O) groups is 2. The Balaban J connectivity index is 0.733. The molecule has 12 bridgehead atoms. The van der Waals surface area contributed by atoms with Crippen LogP contribution in [0.1, 0.15) is 151 Å². The van der Waals surface area contributed by atoms with Crippen LogP contribution in [0, 0.1) is 23.7 Å². The number of carbonyl (C=O) groups excluding carboxylic acids is 2. The fraction of sp³-hybridized carbons (Fsp3) is 0.875. The maximum absolute atomic E-state index is 14.7. The summed E-state index contributed by atoms with van der Waals surface area (Å²) in [5.74, 6) is -3.57. The zero-order valence-electron chi connectivity index (χ0n) is 50.3. The minimum atomic E-state index is -1.08. The highest BCUT2D eigenvalue weighted by atomic mass is 16.8. The minimum Gasteiger partial charge on any atom is -0.459 e. The maximum atomic E-state index is 14.7. The van der Waals surface area contributed by atoms with Gasteiger partial charge in [0.2, 0.25) is 5.79 Å². The molecule has 0 aromatic carbocycles. The molecule has 30 unspecified atom stereocenters. The Hall–Kier alpha value is -2.28. The van der Waals surface area contributed by atoms with Crippen molar-refractivity contribution in [2.24, 2.45) is 23.7 Å². The molecule has 0 radical (unpaired) electrons. The highest BCUT2D eigenvalue weighted by Crippen LogP contribution is 2.60. The van der Waals surface area contributed by atoms with Gasteiger partial charge in [-0.1, -0.05) is 53.9 Å². The van der Waals surface area contributed by atoms with E-state index in [0.29, 0.717) is 57.8 Å². The number of hydrogen-bond donors (Lipinski definition) is 0. The van der Waals surface area contributed by atoms with Gasteiger partial charge in [0.05, 0.1) is 111 Å². The SMILES string of the molecule is C=CCOC12CC34CCC5CC(=C)C(CCC6CC(C)C(=C)C(CC7OC8CC(OC)C(CC(=O)CC9OC%10(CC(C)C9OC)CC(C)C9OC(CC)C(C)OC9O%10)OC8C(C)C7OC(=O)CC7CCC8OC(C(O1)C(O3)C8O7)C2O4)O6)O5. The van der Waals surface area contributed by atoms with Crippen molar-refractivity contribution in [2.45, 2.75) is 309 Å². The predicted molar refractivity (Wildman–Crippen MR) is 295 cm³/mol. The fourth-order valence-corrected chi connectivity index (χ4v) is 17.5. The molecule has 19 heteroatoms. The largest absolute Gasteiger partial charge is 0.459 e. The first-order valence-electron chi connectivity index (χ1n) is 31.9. The monoisotopic (exact) mass is 1170 g/mol. The molecule has 0 N–H and O–H groups in total. The third kappa shape index (κ3) is 11.2. The van der Waals surface area contributed by atoms with Crippen molar-refractivity contribution in [1.82, 2.24) is 0 Å². The molecule has 14 heterocycles. The van der Waals surface area contributed by atoms with Gasteiger partial charge in [0.15, 0.2) is 17.9 Å². The number of rotatable bonds is 10. The normalized spacial score (nSPS) is 53.1. The number of ketones is 1. The molecule has 30 atom stereocenters. The van der Waals surface area contributed by atoms with Crippen molar-refractivity contribution in [2.75, 3.05) is 20.8 Å². The zero-order valence-corrected chi connectivity index (χ0v) is 50.3. The molecule has 83 heavy (non-hydrogen) atoms. The van der Waals surface area contributed by atoms with Gasteiger partial charge in [-0.3, -0.25) is 9.59 Å². The quantitative estimate of drug-likeness (QED) is 0.152. The molecule has 14 fully saturated rings. The highest BCUT2D eigenvalue weighted by molar-refractivity contribution is 5.79. The second-order valence-corrected chi connectivity index (χ2v) is 27.4. The van der Waals surface area contributed by atoms with E-state index in [2.05, 4.69) is 54.4 Å². The summed E-state index contributed by atoms with van der Waals surface area (Å²) in [4.78, 5) is 29.3. The van der Waals surface area contributed by atoms with E-state index in [0.717, 1.165) is 43.3 Å². The Labute approximate surface area is 490 Å². The van der Waals surface area contributed by atoms with E-state index in [1.54, 1.807) is 20.3 Å². The summed E-state index contributed by atoms with van der Waals surface area (Å²) in [5, 5.41) is 0. The molecule has 0 saturated carbocycles. The van der Waals surface area contributed by atoms with E-state index in [9.17, 15) is 9.59 Å². The first kappa shape index (κ1) is 59.7. The molecular formula is C64H94O19. The van der Waals surface area contributed by atoms with Crippen molar-refractivity contribution in [1.29, 1.82) is 0 Å². The van der Waals surface area contributed by atoms with Crippen LogP contribution in [0.15, 0.2) is 37.0 Å². The van der Waals surface area contributed by atoms with Crippen LogP contribution >= 0.6 is 0 Å². The lowest BCUT2D eigenvalue weighted by Crippen LogP contribution is -2.64. The smallest absolute Gasteiger partial charge is 0.308 e. The molecular weight excluding hydrogens is 1070 g/mol. The van der Waals surface area contributed by atoms with Gasteiger partial charge in [-0.2, -0.15) is 0 Å². The van der Waals surface area contributed by atoms with Gasteiger partial charge in [0.25, 0.3) is 0 Å². The molecule has 14 aliphatic heterocycles. The third-order valence-electron chi connectivity index (χ3n) is 21.6. The Morgan fingerprint density at radius 1 is 0.639 bits per heavy atom. The summed E-state index contributed by atoms with van der Waals surface area (Å²) >= 11 is 0. The number of ether oxygens (including phenoxy) is 17. The summed E-state index contributed by atoms with van der Waals surface area (Å²) in [6.45, 7) is 26.0. The van der Waals surface area contributed by atoms with Crippen molar-refractivity contribution < 1.29 is 90.1 Å². The van der Waals surface area contributed by atoms with Crippen molar-refractivity contribution >= 4 is 11.8 Å². The Bertz CT molecular complexity index is 2410. The van der Waals surface area contributed by atoms with Crippen molar-refractivity contribution in [3.05, 3.63) is 37.0 Å². The summed E-state index contributed by atoms with van der Waals surface area (Å²) in [5.41, 5.74) is 2.08. The average Bonchev–Trinajstić information content (AvgIpc) is 1.68. The van der Waals surface area contributed by atoms with E-state index >= 15 is 0 Å². The number of esters is 1. The van der Waals surface area contributed by atoms with Gasteiger partial charge in [0, 0.05) is 65.1 Å². The first-order chi connectivity index (χ1) is 39.9. The van der Waals surface area contributed by atoms with Crippen LogP contribution in [0.2, 0.25) is 0 Å². The van der Waals surface area contributed by atoms with Crippen LogP contribution < -0.4 is 0 Å². The molecule has 464 valence electrons. The Morgan fingerprint density at radius 3 is 2.18 bits per heavy atom. The van der Waals surface area contributed by atoms with Crippen LogP contribution in [-0.2, 0) is 90.1 Å². The number of hydrogen-bond acceptors (Lipinski definition) is 19. The van der Waals surface area contributed by atoms with Gasteiger partial charge in [-0.25, -0.2) is 0 Å². The summed E-state index contributed by atoms with van der Waals surface area (Å²) in [7, 11) is 3.33. The lowest BCUT2D eigenvalue weighted by atomic mass is 9.78. The van der Waals surface area contributed by atoms with Gasteiger partial charge in [-0.15, -0.1) is 6.58 Å². The van der Waals surface area contributed by atoms with E-state index in [4.69, 9.17) is 80.5 Å². The first-order valence-corrected chi connectivity index (χ1v) is 31.9. The van der Waals surface area contributed by atoms with Crippen molar-refractivity contribution in [3.8, 4) is 0 Å². The fourth-order valence-electron chi connectivity index (χ4n) is 17.5. The average molecular weight is 1170 g/mol. The van der Waals surface area contributed by atoms with Gasteiger partial charge in [0.1, 0.15) is 48.5 Å². The third-order valence-corrected chi connectivity index (χ3v) is 21.6. The predicted octanol–water partition coefficient (Wildman–Crippen LogP) is 7.84. The zero-order chi connectivity index (χ0) is 57.9. The minimum absolute atomic E-state index is 0.00117. The lowest BCUT2D eigenvalue weighted by Gasteiger charge is -2.55. The van der Waals surface area contributed by atoms with Crippen LogP contribution in [0.3, 0.4) is 0 Å². The van der Waals surface area contributed by atoms with Crippen LogP contribution in [0.5, 0.6) is 0 Å². The molecule has 2 spiro atoms. The summed E-state index contributed by atoms with van der Waals surface area (Å²) in [6, 6.07) is 0. The molecule has 0 amide bonds. The summed E-state index contributed by atoms with van der Waals surface area (Å²) < 4.78 is 115. The molecule has 0 aliphatic carbocycles. The molecule has 14 saturated heterocycles. The van der Waals surface area contributed by atoms with E-state index in [1.807, 2.05) is 6.92 Å². The number of Topliss-reactive ketones (excluding diaryl/α,β-unsaturated/α-hetero) is 1. The van der Waals surface area contributed by atoms with Gasteiger partial charge >= 0.3 is 5.97 Å². The molecule has 19 nitrogen and oxygen atoms in total. The van der Waals surface area contributed by atoms with E-state index < -0.39 is 109 Å². The second kappa shape index (κ2) is 23.6. The van der Waals surface area contributed by atoms with Crippen LogP contribution in [0.4, 0.5) is 0 Å². The van der Waals surface area contributed by atoms with Gasteiger partial charge in [-0.05, 0) is 87.2 Å². The highest BCUT2D eigenvalue weighted by Gasteiger charge is 2.75.